The third-order valence-electron chi connectivity index (χ3n) is 5.31. The number of hydrogen-bond acceptors (Lipinski definition) is 3. The number of nitrogens with one attached hydrogen (secondary N) is 1. The second-order valence-electron chi connectivity index (χ2n) is 7.49. The van der Waals surface area contributed by atoms with Crippen molar-refractivity contribution in [2.45, 2.75) is 45.2 Å². The molecule has 2 aliphatic rings. The average molecular weight is 343 g/mol. The van der Waals surface area contributed by atoms with Crippen LogP contribution in [0.3, 0.4) is 0 Å². The lowest BCUT2D eigenvalue weighted by Gasteiger charge is -2.35. The molecule has 1 aromatic rings. The van der Waals surface area contributed by atoms with Gasteiger partial charge >= 0.3 is 0 Å². The molecule has 26 heavy (non-hydrogen) atoms. The molecular weight excluding hydrogens is 318 g/mol. The Morgan fingerprint density at radius 2 is 1.92 bits per heavy atom. The highest BCUT2D eigenvalue weighted by Gasteiger charge is 2.45. The zero-order valence-corrected chi connectivity index (χ0v) is 15.4. The van der Waals surface area contributed by atoms with Gasteiger partial charge in [-0.05, 0) is 37.8 Å². The topological polar surface area (TPSA) is 59.6 Å². The van der Waals surface area contributed by atoms with E-state index in [9.17, 15) is 10.5 Å². The lowest BCUT2D eigenvalue weighted by atomic mass is 9.70. The summed E-state index contributed by atoms with van der Waals surface area (Å²) in [6.45, 7) is 4.16. The summed E-state index contributed by atoms with van der Waals surface area (Å²) < 4.78 is 0. The number of hydrogen-bond donors (Lipinski definition) is 1. The molecule has 2 aliphatic heterocycles. The van der Waals surface area contributed by atoms with Crippen molar-refractivity contribution in [1.82, 2.24) is 5.32 Å². The van der Waals surface area contributed by atoms with Gasteiger partial charge in [-0.3, -0.25) is 0 Å². The Labute approximate surface area is 156 Å². The summed E-state index contributed by atoms with van der Waals surface area (Å²) in [6.07, 6.45) is 10.9. The number of benzene rings is 1. The quantitative estimate of drug-likeness (QED) is 0.784. The normalized spacial score (nSPS) is 24.6. The lowest BCUT2D eigenvalue weighted by molar-refractivity contribution is 0.417. The molecule has 3 rings (SSSR count). The van der Waals surface area contributed by atoms with Gasteiger partial charge in [-0.2, -0.15) is 10.5 Å². The smallest absolute Gasteiger partial charge is 0.168 e. The van der Waals surface area contributed by atoms with Crippen molar-refractivity contribution >= 4 is 6.08 Å². The summed E-state index contributed by atoms with van der Waals surface area (Å²) in [5.74, 6) is 0.114. The van der Waals surface area contributed by atoms with Gasteiger partial charge in [-0.15, -0.1) is 0 Å². The minimum atomic E-state index is -1.11. The Morgan fingerprint density at radius 3 is 2.58 bits per heavy atom. The minimum absolute atomic E-state index is 0.114. The molecule has 0 saturated carbocycles. The summed E-state index contributed by atoms with van der Waals surface area (Å²) in [6, 6.07) is 15.3. The molecule has 1 saturated heterocycles. The van der Waals surface area contributed by atoms with Gasteiger partial charge in [0.2, 0.25) is 0 Å². The average Bonchev–Trinajstić information content (AvgIpc) is 3.05. The van der Waals surface area contributed by atoms with Crippen molar-refractivity contribution in [3.05, 3.63) is 65.3 Å². The molecule has 3 heteroatoms. The first-order chi connectivity index (χ1) is 12.6. The van der Waals surface area contributed by atoms with Crippen molar-refractivity contribution in [1.29, 1.82) is 10.5 Å². The fourth-order valence-corrected chi connectivity index (χ4v) is 4.05. The first-order valence-electron chi connectivity index (χ1n) is 9.25. The number of fused-ring (bicyclic) bond motifs is 2. The molecule has 1 aromatic carbocycles. The molecule has 3 nitrogen and oxygen atoms in total. The van der Waals surface area contributed by atoms with E-state index in [2.05, 4.69) is 43.5 Å². The summed E-state index contributed by atoms with van der Waals surface area (Å²) in [7, 11) is 0. The predicted molar refractivity (Wildman–Crippen MR) is 105 cm³/mol. The van der Waals surface area contributed by atoms with Gasteiger partial charge in [0.25, 0.3) is 0 Å². The molecule has 2 bridgehead atoms. The van der Waals surface area contributed by atoms with Gasteiger partial charge in [0.15, 0.2) is 5.41 Å². The Kier molecular flexibility index (Phi) is 5.40. The van der Waals surface area contributed by atoms with Crippen LogP contribution in [0, 0.1) is 34.0 Å². The zero-order chi connectivity index (χ0) is 18.6. The highest BCUT2D eigenvalue weighted by Crippen LogP contribution is 2.44. The van der Waals surface area contributed by atoms with Crippen LogP contribution in [-0.4, -0.2) is 12.1 Å². The molecule has 0 aromatic heterocycles. The van der Waals surface area contributed by atoms with Gasteiger partial charge in [-0.25, -0.2) is 0 Å². The fraction of sp³-hybridized carbons (Fsp3) is 0.391. The molecule has 0 unspecified atom stereocenters. The predicted octanol–water partition coefficient (Wildman–Crippen LogP) is 4.77. The molecular formula is C23H25N3. The Morgan fingerprint density at radius 1 is 1.19 bits per heavy atom. The number of nitrogens with zero attached hydrogens (tertiary/aromatic N) is 2. The van der Waals surface area contributed by atoms with Crippen LogP contribution in [0.15, 0.2) is 59.7 Å². The van der Waals surface area contributed by atoms with Crippen molar-refractivity contribution in [2.24, 2.45) is 11.3 Å². The second-order valence-corrected chi connectivity index (χ2v) is 7.49. The van der Waals surface area contributed by atoms with Crippen LogP contribution in [0.5, 0.6) is 0 Å². The van der Waals surface area contributed by atoms with E-state index < -0.39 is 5.41 Å². The molecule has 0 radical (unpaired) electrons. The lowest BCUT2D eigenvalue weighted by Crippen LogP contribution is -2.42. The van der Waals surface area contributed by atoms with Crippen LogP contribution in [0.25, 0.3) is 6.08 Å². The molecule has 0 amide bonds. The van der Waals surface area contributed by atoms with Crippen LogP contribution in [0.4, 0.5) is 0 Å². The second kappa shape index (κ2) is 7.73. The van der Waals surface area contributed by atoms with E-state index in [1.807, 2.05) is 42.5 Å². The highest BCUT2D eigenvalue weighted by molar-refractivity contribution is 5.50. The minimum Gasteiger partial charge on any atom is -0.307 e. The van der Waals surface area contributed by atoms with Crippen LogP contribution in [0.2, 0.25) is 0 Å². The molecule has 1 N–H and O–H groups in total. The van der Waals surface area contributed by atoms with Crippen LogP contribution >= 0.6 is 0 Å². The molecule has 132 valence electrons. The SMILES string of the molecule is CC(C)=C[C@@H]1C(C(C#N)(C#N)C/C=C/c2ccccc2)=C[C@H]2CC[C@@H]1N2. The molecule has 2 heterocycles. The number of nitriles is 2. The highest BCUT2D eigenvalue weighted by atomic mass is 15.0. The molecule has 1 fully saturated rings. The molecule has 0 aliphatic carbocycles. The standard InChI is InChI=1S/C23H25N3/c1-17(2)13-20-21(14-19-10-11-22(20)26-19)23(15-24,16-25)12-6-9-18-7-4-3-5-8-18/h3-9,13-14,19-20,22,26H,10-12H2,1-2H3/b9-6+/t19-,20-,22+/m1/s1. The molecule has 0 spiro atoms. The number of allylic oxidation sites excluding steroid dienone is 2. The van der Waals surface area contributed by atoms with E-state index in [1.165, 1.54) is 5.57 Å². The van der Waals surface area contributed by atoms with E-state index in [0.717, 1.165) is 24.0 Å². The van der Waals surface area contributed by atoms with Gasteiger partial charge in [-0.1, -0.05) is 60.2 Å². The Hall–Kier alpha value is -2.62. The Bertz CT molecular complexity index is 799. The fourth-order valence-electron chi connectivity index (χ4n) is 4.05. The van der Waals surface area contributed by atoms with Crippen LogP contribution < -0.4 is 5.32 Å². The first-order valence-corrected chi connectivity index (χ1v) is 9.25. The number of rotatable bonds is 5. The maximum Gasteiger partial charge on any atom is 0.168 e. The summed E-state index contributed by atoms with van der Waals surface area (Å²) in [5, 5.41) is 23.6. The van der Waals surface area contributed by atoms with Crippen LogP contribution in [-0.2, 0) is 0 Å². The van der Waals surface area contributed by atoms with Crippen molar-refractivity contribution < 1.29 is 0 Å². The van der Waals surface area contributed by atoms with E-state index in [1.54, 1.807) is 0 Å². The van der Waals surface area contributed by atoms with Crippen molar-refractivity contribution in [2.75, 3.05) is 0 Å². The maximum atomic E-state index is 9.98. The summed E-state index contributed by atoms with van der Waals surface area (Å²) >= 11 is 0. The van der Waals surface area contributed by atoms with E-state index in [0.29, 0.717) is 12.5 Å². The monoisotopic (exact) mass is 343 g/mol. The Balaban J connectivity index is 1.93. The van der Waals surface area contributed by atoms with Gasteiger partial charge in [0.1, 0.15) is 0 Å². The van der Waals surface area contributed by atoms with Gasteiger partial charge in [0, 0.05) is 24.4 Å². The van der Waals surface area contributed by atoms with E-state index >= 15 is 0 Å². The summed E-state index contributed by atoms with van der Waals surface area (Å²) in [4.78, 5) is 0. The van der Waals surface area contributed by atoms with Crippen molar-refractivity contribution in [3.8, 4) is 12.1 Å². The third-order valence-corrected chi connectivity index (χ3v) is 5.31. The zero-order valence-electron chi connectivity index (χ0n) is 15.4. The van der Waals surface area contributed by atoms with E-state index in [4.69, 9.17) is 0 Å². The van der Waals surface area contributed by atoms with Gasteiger partial charge < -0.3 is 5.32 Å². The van der Waals surface area contributed by atoms with Gasteiger partial charge in [0.05, 0.1) is 12.1 Å². The summed E-state index contributed by atoms with van der Waals surface area (Å²) in [5.41, 5.74) is 2.17. The van der Waals surface area contributed by atoms with Crippen LogP contribution in [0.1, 0.15) is 38.7 Å². The maximum absolute atomic E-state index is 9.98. The third kappa shape index (κ3) is 3.64. The largest absolute Gasteiger partial charge is 0.307 e. The first kappa shape index (κ1) is 18.2. The molecule has 3 atom stereocenters. The van der Waals surface area contributed by atoms with Crippen molar-refractivity contribution in [3.63, 3.8) is 0 Å². The van der Waals surface area contributed by atoms with E-state index in [-0.39, 0.29) is 12.0 Å².